The van der Waals surface area contributed by atoms with Crippen LogP contribution in [0.2, 0.25) is 0 Å². The predicted molar refractivity (Wildman–Crippen MR) is 117 cm³/mol. The molecular formula is C24H23FN4O2. The second kappa shape index (κ2) is 7.65. The van der Waals surface area contributed by atoms with Gasteiger partial charge in [-0.1, -0.05) is 49.2 Å². The first-order valence-corrected chi connectivity index (χ1v) is 10.6. The monoisotopic (exact) mass is 418 g/mol. The van der Waals surface area contributed by atoms with Gasteiger partial charge in [0.1, 0.15) is 5.82 Å². The summed E-state index contributed by atoms with van der Waals surface area (Å²) in [6, 6.07) is 15.4. The standard InChI is InChI=1S/C24H23FN4O2/c1-16(17-8-3-2-4-9-17)27-15-26-22-21(27)23(30)29(19-11-5-6-12-19)24(31)28(22)20-13-7-10-18(25)14-20/h2-4,7-10,13-16,19H,5-6,11-12H2,1H3/t16-/m0/s1. The first-order valence-electron chi connectivity index (χ1n) is 10.6. The average molecular weight is 418 g/mol. The van der Waals surface area contributed by atoms with Crippen LogP contribution in [0.5, 0.6) is 0 Å². The Morgan fingerprint density at radius 3 is 2.48 bits per heavy atom. The van der Waals surface area contributed by atoms with Gasteiger partial charge in [0.2, 0.25) is 0 Å². The van der Waals surface area contributed by atoms with Crippen LogP contribution in [-0.4, -0.2) is 18.7 Å². The molecular weight excluding hydrogens is 395 g/mol. The molecule has 1 aliphatic carbocycles. The van der Waals surface area contributed by atoms with E-state index in [1.54, 1.807) is 18.5 Å². The van der Waals surface area contributed by atoms with Crippen LogP contribution in [0.3, 0.4) is 0 Å². The van der Waals surface area contributed by atoms with Gasteiger partial charge in [-0.3, -0.25) is 9.36 Å². The van der Waals surface area contributed by atoms with Gasteiger partial charge in [0, 0.05) is 6.04 Å². The summed E-state index contributed by atoms with van der Waals surface area (Å²) < 4.78 is 18.5. The van der Waals surface area contributed by atoms with E-state index < -0.39 is 11.5 Å². The van der Waals surface area contributed by atoms with E-state index in [1.807, 2.05) is 41.8 Å². The Bertz CT molecular complexity index is 1360. The minimum atomic E-state index is -0.465. The number of halogens is 1. The van der Waals surface area contributed by atoms with E-state index in [0.717, 1.165) is 31.2 Å². The summed E-state index contributed by atoms with van der Waals surface area (Å²) in [5.41, 5.74) is 1.19. The van der Waals surface area contributed by atoms with E-state index in [9.17, 15) is 14.0 Å². The lowest BCUT2D eigenvalue weighted by atomic mass is 10.1. The lowest BCUT2D eigenvalue weighted by Crippen LogP contribution is -2.42. The summed E-state index contributed by atoms with van der Waals surface area (Å²) in [5, 5.41) is 0. The molecule has 2 heterocycles. The van der Waals surface area contributed by atoms with Gasteiger partial charge >= 0.3 is 5.69 Å². The average Bonchev–Trinajstić information content (AvgIpc) is 3.45. The zero-order valence-electron chi connectivity index (χ0n) is 17.2. The topological polar surface area (TPSA) is 61.8 Å². The minimum absolute atomic E-state index is 0.153. The van der Waals surface area contributed by atoms with Gasteiger partial charge in [0.25, 0.3) is 5.56 Å². The maximum atomic E-state index is 14.0. The summed E-state index contributed by atoms with van der Waals surface area (Å²) in [5.74, 6) is -0.451. The van der Waals surface area contributed by atoms with Gasteiger partial charge in [-0.2, -0.15) is 0 Å². The Morgan fingerprint density at radius 1 is 1.03 bits per heavy atom. The number of aromatic nitrogens is 4. The zero-order chi connectivity index (χ0) is 21.5. The third kappa shape index (κ3) is 3.21. The fraction of sp³-hybridized carbons (Fsp3) is 0.292. The van der Waals surface area contributed by atoms with Gasteiger partial charge in [-0.15, -0.1) is 0 Å². The highest BCUT2D eigenvalue weighted by Crippen LogP contribution is 2.28. The van der Waals surface area contributed by atoms with E-state index >= 15 is 0 Å². The molecule has 1 saturated carbocycles. The van der Waals surface area contributed by atoms with Crippen LogP contribution >= 0.6 is 0 Å². The normalized spacial score (nSPS) is 15.5. The van der Waals surface area contributed by atoms with Crippen molar-refractivity contribution in [3.05, 3.63) is 93.1 Å². The number of hydrogen-bond donors (Lipinski definition) is 0. The lowest BCUT2D eigenvalue weighted by molar-refractivity contribution is 0.473. The number of nitrogens with zero attached hydrogens (tertiary/aromatic N) is 4. The molecule has 1 fully saturated rings. The third-order valence-corrected chi connectivity index (χ3v) is 6.26. The van der Waals surface area contributed by atoms with E-state index in [4.69, 9.17) is 0 Å². The predicted octanol–water partition coefficient (Wildman–Crippen LogP) is 4.21. The number of imidazole rings is 1. The van der Waals surface area contributed by atoms with Crippen molar-refractivity contribution in [2.45, 2.75) is 44.7 Å². The smallest absolute Gasteiger partial charge is 0.317 e. The fourth-order valence-electron chi connectivity index (χ4n) is 4.64. The second-order valence-corrected chi connectivity index (χ2v) is 8.12. The Balaban J connectivity index is 1.83. The van der Waals surface area contributed by atoms with Crippen molar-refractivity contribution in [3.8, 4) is 5.69 Å². The van der Waals surface area contributed by atoms with Crippen molar-refractivity contribution < 1.29 is 4.39 Å². The molecule has 6 nitrogen and oxygen atoms in total. The molecule has 2 aromatic carbocycles. The molecule has 0 unspecified atom stereocenters. The molecule has 0 saturated heterocycles. The number of benzene rings is 2. The zero-order valence-corrected chi connectivity index (χ0v) is 17.2. The molecule has 7 heteroatoms. The second-order valence-electron chi connectivity index (χ2n) is 8.12. The van der Waals surface area contributed by atoms with Crippen LogP contribution in [0, 0.1) is 5.82 Å². The van der Waals surface area contributed by atoms with Gasteiger partial charge in [0.05, 0.1) is 18.1 Å². The fourth-order valence-corrected chi connectivity index (χ4v) is 4.64. The molecule has 5 rings (SSSR count). The van der Waals surface area contributed by atoms with E-state index in [1.165, 1.54) is 21.3 Å². The van der Waals surface area contributed by atoms with Crippen molar-refractivity contribution in [1.82, 2.24) is 18.7 Å². The molecule has 0 radical (unpaired) electrons. The molecule has 2 aromatic heterocycles. The molecule has 0 spiro atoms. The number of rotatable bonds is 4. The van der Waals surface area contributed by atoms with Crippen LogP contribution in [-0.2, 0) is 0 Å². The van der Waals surface area contributed by atoms with Crippen LogP contribution in [0.25, 0.3) is 16.9 Å². The first kappa shape index (κ1) is 19.5. The Kier molecular flexibility index (Phi) is 4.81. The maximum absolute atomic E-state index is 14.0. The van der Waals surface area contributed by atoms with Crippen LogP contribution in [0.1, 0.15) is 50.3 Å². The minimum Gasteiger partial charge on any atom is -0.317 e. The van der Waals surface area contributed by atoms with Crippen molar-refractivity contribution in [3.63, 3.8) is 0 Å². The van der Waals surface area contributed by atoms with Crippen molar-refractivity contribution >= 4 is 11.2 Å². The Hall–Kier alpha value is -3.48. The molecule has 0 N–H and O–H groups in total. The summed E-state index contributed by atoms with van der Waals surface area (Å²) >= 11 is 0. The highest BCUT2D eigenvalue weighted by Gasteiger charge is 2.27. The summed E-state index contributed by atoms with van der Waals surface area (Å²) in [7, 11) is 0. The quantitative estimate of drug-likeness (QED) is 0.499. The molecule has 31 heavy (non-hydrogen) atoms. The van der Waals surface area contributed by atoms with Crippen LogP contribution in [0.4, 0.5) is 4.39 Å². The van der Waals surface area contributed by atoms with Crippen molar-refractivity contribution in [2.75, 3.05) is 0 Å². The molecule has 1 aliphatic rings. The molecule has 1 atom stereocenters. The molecule has 4 aromatic rings. The summed E-state index contributed by atoms with van der Waals surface area (Å²) in [4.78, 5) is 31.6. The summed E-state index contributed by atoms with van der Waals surface area (Å²) in [6.07, 6.45) is 5.12. The third-order valence-electron chi connectivity index (χ3n) is 6.26. The lowest BCUT2D eigenvalue weighted by Gasteiger charge is -2.19. The van der Waals surface area contributed by atoms with Gasteiger partial charge in [0.15, 0.2) is 11.2 Å². The molecule has 158 valence electrons. The van der Waals surface area contributed by atoms with Crippen LogP contribution < -0.4 is 11.2 Å². The number of hydrogen-bond acceptors (Lipinski definition) is 3. The van der Waals surface area contributed by atoms with Gasteiger partial charge < -0.3 is 4.57 Å². The van der Waals surface area contributed by atoms with Gasteiger partial charge in [-0.05, 0) is 43.5 Å². The first-order chi connectivity index (χ1) is 15.1. The number of fused-ring (bicyclic) bond motifs is 1. The Morgan fingerprint density at radius 2 is 1.77 bits per heavy atom. The molecule has 0 bridgehead atoms. The maximum Gasteiger partial charge on any atom is 0.337 e. The molecule has 0 amide bonds. The Labute approximate surface area is 178 Å². The SMILES string of the molecule is C[C@@H](c1ccccc1)n1cnc2c1c(=O)n(C1CCCC1)c(=O)n2-c1cccc(F)c1. The highest BCUT2D eigenvalue weighted by atomic mass is 19.1. The molecule has 0 aliphatic heterocycles. The van der Waals surface area contributed by atoms with E-state index in [-0.39, 0.29) is 23.3 Å². The van der Waals surface area contributed by atoms with E-state index in [2.05, 4.69) is 4.98 Å². The van der Waals surface area contributed by atoms with Gasteiger partial charge in [-0.25, -0.2) is 18.7 Å². The van der Waals surface area contributed by atoms with E-state index in [0.29, 0.717) is 11.2 Å². The largest absolute Gasteiger partial charge is 0.337 e. The van der Waals surface area contributed by atoms with Crippen molar-refractivity contribution in [1.29, 1.82) is 0 Å². The van der Waals surface area contributed by atoms with Crippen molar-refractivity contribution in [2.24, 2.45) is 0 Å². The highest BCUT2D eigenvalue weighted by molar-refractivity contribution is 5.73. The summed E-state index contributed by atoms with van der Waals surface area (Å²) in [6.45, 7) is 1.99. The van der Waals surface area contributed by atoms with Crippen LogP contribution in [0.15, 0.2) is 70.5 Å².